The van der Waals surface area contributed by atoms with E-state index in [9.17, 15) is 0 Å². The van der Waals surface area contributed by atoms with Gasteiger partial charge in [-0.3, -0.25) is 9.59 Å². The minimum absolute atomic E-state index is 0. The van der Waals surface area contributed by atoms with Crippen LogP contribution in [0.2, 0.25) is 0 Å². The molecule has 0 aliphatic rings. The molecule has 60 valence electrons. The third-order valence-electron chi connectivity index (χ3n) is 0.157. The second kappa shape index (κ2) is 22.5. The third kappa shape index (κ3) is 39.0. The fraction of sp³-hybridized carbons (Fsp3) is 0. The minimum atomic E-state index is -0.216. The SMILES string of the molecule is O=COS[O-].O=COS[O-].[Zn+2]. The molecule has 0 N–H and O–H groups in total. The smallest absolute Gasteiger partial charge is 0.766 e. The molecule has 11 heavy (non-hydrogen) atoms. The molecule has 0 atom stereocenters. The van der Waals surface area contributed by atoms with E-state index in [1.165, 1.54) is 0 Å². The molecule has 0 saturated carbocycles. The Morgan fingerprint density at radius 3 is 1.27 bits per heavy atom. The van der Waals surface area contributed by atoms with Gasteiger partial charge in [0.05, 0.1) is 0 Å². The van der Waals surface area contributed by atoms with Gasteiger partial charge in [-0.25, -0.2) is 0 Å². The Labute approximate surface area is 84.2 Å². The van der Waals surface area contributed by atoms with E-state index in [0.717, 1.165) is 0 Å². The Balaban J connectivity index is -0.000000107. The molecule has 9 heteroatoms. The van der Waals surface area contributed by atoms with E-state index in [4.69, 9.17) is 18.7 Å². The van der Waals surface area contributed by atoms with Crippen LogP contribution in [0, 0.1) is 0 Å². The minimum Gasteiger partial charge on any atom is -0.766 e. The summed E-state index contributed by atoms with van der Waals surface area (Å²) in [4.78, 5) is 17.9. The molecule has 0 bridgehead atoms. The van der Waals surface area contributed by atoms with Crippen LogP contribution in [0.5, 0.6) is 0 Å². The van der Waals surface area contributed by atoms with Crippen molar-refractivity contribution >= 4 is 37.6 Å². The summed E-state index contributed by atoms with van der Waals surface area (Å²) in [5.74, 6) is 0. The molecule has 0 saturated heterocycles. The average Bonchev–Trinajstić information content (AvgIpc) is 1.93. The van der Waals surface area contributed by atoms with Crippen LogP contribution in [0.15, 0.2) is 0 Å². The summed E-state index contributed by atoms with van der Waals surface area (Å²) in [6, 6.07) is 0. The van der Waals surface area contributed by atoms with Gasteiger partial charge in [0.15, 0.2) is 0 Å². The summed E-state index contributed by atoms with van der Waals surface area (Å²) in [6.07, 6.45) is 0. The zero-order valence-corrected chi connectivity index (χ0v) is 9.73. The van der Waals surface area contributed by atoms with Crippen molar-refractivity contribution in [3.8, 4) is 0 Å². The van der Waals surface area contributed by atoms with E-state index in [1.54, 1.807) is 0 Å². The first-order valence-corrected chi connectivity index (χ1v) is 2.94. The summed E-state index contributed by atoms with van der Waals surface area (Å²) in [5, 5.41) is 0. The summed E-state index contributed by atoms with van der Waals surface area (Å²) < 4.78 is 25.0. The van der Waals surface area contributed by atoms with Crippen molar-refractivity contribution in [3.63, 3.8) is 0 Å². The maximum absolute atomic E-state index is 8.99. The van der Waals surface area contributed by atoms with E-state index >= 15 is 0 Å². The Kier molecular flexibility index (Phi) is 35.4. The van der Waals surface area contributed by atoms with Crippen LogP contribution < -0.4 is 0 Å². The van der Waals surface area contributed by atoms with E-state index in [-0.39, 0.29) is 57.1 Å². The van der Waals surface area contributed by atoms with Gasteiger partial charge in [0.1, 0.15) is 0 Å². The first-order valence-electron chi connectivity index (χ1n) is 1.61. The van der Waals surface area contributed by atoms with Crippen LogP contribution >= 0.6 is 24.6 Å². The molecular weight excluding hydrogens is 250 g/mol. The van der Waals surface area contributed by atoms with Gasteiger partial charge in [0.25, 0.3) is 0 Å². The number of carbonyl (C=O) groups is 2. The fourth-order valence-corrected chi connectivity index (χ4v) is 0.0962. The van der Waals surface area contributed by atoms with E-state index in [0.29, 0.717) is 0 Å². The van der Waals surface area contributed by atoms with Crippen molar-refractivity contribution < 1.29 is 46.5 Å². The molecule has 0 amide bonds. The average molecular weight is 252 g/mol. The summed E-state index contributed by atoms with van der Waals surface area (Å²) >= 11 is -0.433. The zero-order chi connectivity index (χ0) is 8.24. The molecule has 0 aliphatic heterocycles. The van der Waals surface area contributed by atoms with Crippen LogP contribution in [0.3, 0.4) is 0 Å². The van der Waals surface area contributed by atoms with Gasteiger partial charge < -0.3 is 17.5 Å². The van der Waals surface area contributed by atoms with Gasteiger partial charge in [-0.2, -0.15) is 0 Å². The number of rotatable bonds is 4. The molecule has 0 fully saturated rings. The Morgan fingerprint density at radius 2 is 1.27 bits per heavy atom. The van der Waals surface area contributed by atoms with Gasteiger partial charge in [-0.15, -0.1) is 0 Å². The Morgan fingerprint density at radius 1 is 1.00 bits per heavy atom. The van der Waals surface area contributed by atoms with Crippen LogP contribution in [0.4, 0.5) is 0 Å². The summed E-state index contributed by atoms with van der Waals surface area (Å²) in [7, 11) is 0. The quantitative estimate of drug-likeness (QED) is 0.387. The maximum atomic E-state index is 8.99. The predicted octanol–water partition coefficient (Wildman–Crippen LogP) is -0.127. The van der Waals surface area contributed by atoms with Crippen LogP contribution in [0.25, 0.3) is 0 Å². The molecule has 0 aromatic heterocycles. The van der Waals surface area contributed by atoms with Crippen molar-refractivity contribution in [3.05, 3.63) is 0 Å². The molecule has 0 aromatic rings. The molecule has 0 heterocycles. The predicted molar refractivity (Wildman–Crippen MR) is 31.0 cm³/mol. The van der Waals surface area contributed by atoms with Crippen molar-refractivity contribution in [2.75, 3.05) is 0 Å². The van der Waals surface area contributed by atoms with E-state index in [2.05, 4.69) is 8.37 Å². The standard InChI is InChI=1S/2CH2O3S.Zn/c2*2-1-4-5-3;/h2*1,3H;/q;;+2/p-2. The molecule has 0 aromatic carbocycles. The summed E-state index contributed by atoms with van der Waals surface area (Å²) in [6.45, 7) is 0.162. The van der Waals surface area contributed by atoms with Crippen molar-refractivity contribution in [2.45, 2.75) is 0 Å². The molecule has 0 unspecified atom stereocenters. The molecule has 6 nitrogen and oxygen atoms in total. The van der Waals surface area contributed by atoms with Gasteiger partial charge in [0.2, 0.25) is 0 Å². The molecule has 0 spiro atoms. The number of hydrogen-bond acceptors (Lipinski definition) is 8. The van der Waals surface area contributed by atoms with Crippen molar-refractivity contribution in [2.24, 2.45) is 0 Å². The monoisotopic (exact) mass is 250 g/mol. The second-order valence-electron chi connectivity index (χ2n) is 0.521. The van der Waals surface area contributed by atoms with Gasteiger partial charge in [0, 0.05) is 0 Å². The number of hydrogen-bond donors (Lipinski definition) is 0. The van der Waals surface area contributed by atoms with Crippen molar-refractivity contribution in [1.29, 1.82) is 0 Å². The molecule has 0 aliphatic carbocycles. The topological polar surface area (TPSA) is 98.7 Å². The molecule has 0 rings (SSSR count). The van der Waals surface area contributed by atoms with Crippen LogP contribution in [0.1, 0.15) is 0 Å². The zero-order valence-electron chi connectivity index (χ0n) is 5.13. The third-order valence-corrected chi connectivity index (χ3v) is 0.471. The van der Waals surface area contributed by atoms with Gasteiger partial charge >= 0.3 is 32.4 Å². The molecule has 0 radical (unpaired) electrons. The Hall–Kier alpha value is 0.183. The van der Waals surface area contributed by atoms with Crippen LogP contribution in [-0.4, -0.2) is 22.0 Å². The van der Waals surface area contributed by atoms with Crippen LogP contribution in [-0.2, 0) is 37.4 Å². The normalized spacial score (nSPS) is 6.00. The largest absolute Gasteiger partial charge is 2.00 e. The van der Waals surface area contributed by atoms with E-state index < -0.39 is 0 Å². The van der Waals surface area contributed by atoms with Gasteiger partial charge in [-0.05, 0) is 24.6 Å². The maximum Gasteiger partial charge on any atom is 2.00 e. The second-order valence-corrected chi connectivity index (χ2v) is 1.18. The summed E-state index contributed by atoms with van der Waals surface area (Å²) in [5.41, 5.74) is 0. The number of carbonyl (C=O) groups excluding carboxylic acids is 2. The van der Waals surface area contributed by atoms with Gasteiger partial charge in [-0.1, -0.05) is 0 Å². The first kappa shape index (κ1) is 17.3. The first-order chi connectivity index (χ1) is 4.83. The Bertz CT molecular complexity index is 71.0. The fourth-order valence-electron chi connectivity index (χ4n) is 0.0321. The molecular formula is C2H2O6S2Zn. The van der Waals surface area contributed by atoms with E-state index in [1.807, 2.05) is 0 Å². The van der Waals surface area contributed by atoms with Crippen molar-refractivity contribution in [1.82, 2.24) is 0 Å².